The number of aryl methyl sites for hydroxylation is 2. The Balaban J connectivity index is 1.25. The second kappa shape index (κ2) is 7.42. The van der Waals surface area contributed by atoms with Gasteiger partial charge in [0.15, 0.2) is 0 Å². The Hall–Kier alpha value is -3.78. The molecule has 0 saturated heterocycles. The monoisotopic (exact) mass is 412 g/mol. The Morgan fingerprint density at radius 1 is 0.469 bits per heavy atom. The fourth-order valence-electron chi connectivity index (χ4n) is 4.59. The maximum atomic E-state index is 4.89. The summed E-state index contributed by atoms with van der Waals surface area (Å²) in [4.78, 5) is 9.78. The molecule has 2 heterocycles. The van der Waals surface area contributed by atoms with Crippen molar-refractivity contribution in [3.8, 4) is 11.1 Å². The van der Waals surface area contributed by atoms with Crippen LogP contribution in [0.25, 0.3) is 11.1 Å². The molecule has 0 bridgehead atoms. The average Bonchev–Trinajstić information content (AvgIpc) is 3.43. The van der Waals surface area contributed by atoms with E-state index in [1.807, 2.05) is 0 Å². The van der Waals surface area contributed by atoms with Crippen LogP contribution in [0.15, 0.2) is 94.9 Å². The minimum Gasteiger partial charge on any atom is -0.252 e. The van der Waals surface area contributed by atoms with E-state index in [1.165, 1.54) is 44.5 Å². The van der Waals surface area contributed by atoms with Crippen molar-refractivity contribution in [1.29, 1.82) is 0 Å². The Kier molecular flexibility index (Phi) is 4.39. The molecule has 2 aliphatic rings. The van der Waals surface area contributed by atoms with Gasteiger partial charge in [0.25, 0.3) is 0 Å². The topological polar surface area (TPSA) is 24.7 Å². The van der Waals surface area contributed by atoms with Crippen molar-refractivity contribution in [2.24, 2.45) is 9.98 Å². The maximum absolute atomic E-state index is 4.89. The van der Waals surface area contributed by atoms with Crippen molar-refractivity contribution < 1.29 is 0 Å². The van der Waals surface area contributed by atoms with Gasteiger partial charge < -0.3 is 0 Å². The Bertz CT molecular complexity index is 1290. The SMILES string of the molecule is Cc1ccc(C2=Nc3ccc(-c4ccc5c(c4)CC(c4ccc(C)cc4)=N5)cc3C2)cc1. The molecule has 4 aromatic rings. The number of hydrogen-bond acceptors (Lipinski definition) is 2. The molecular formula is C30H24N2. The van der Waals surface area contributed by atoms with Crippen LogP contribution in [0.2, 0.25) is 0 Å². The summed E-state index contributed by atoms with van der Waals surface area (Å²) in [7, 11) is 0. The van der Waals surface area contributed by atoms with Crippen LogP contribution in [0.4, 0.5) is 11.4 Å². The summed E-state index contributed by atoms with van der Waals surface area (Å²) in [6, 6.07) is 30.6. The zero-order valence-corrected chi connectivity index (χ0v) is 18.4. The van der Waals surface area contributed by atoms with Crippen LogP contribution in [0, 0.1) is 13.8 Å². The predicted molar refractivity (Wildman–Crippen MR) is 134 cm³/mol. The van der Waals surface area contributed by atoms with Gasteiger partial charge in [-0.1, -0.05) is 71.8 Å². The third kappa shape index (κ3) is 3.38. The lowest BCUT2D eigenvalue weighted by molar-refractivity contribution is 1.36. The maximum Gasteiger partial charge on any atom is 0.0669 e. The second-order valence-corrected chi connectivity index (χ2v) is 8.89. The molecule has 2 heteroatoms. The summed E-state index contributed by atoms with van der Waals surface area (Å²) in [6.45, 7) is 4.24. The van der Waals surface area contributed by atoms with Crippen LogP contribution < -0.4 is 0 Å². The van der Waals surface area contributed by atoms with Gasteiger partial charge in [0.05, 0.1) is 22.8 Å². The van der Waals surface area contributed by atoms with Gasteiger partial charge in [0, 0.05) is 12.8 Å². The minimum absolute atomic E-state index is 0.887. The molecule has 0 spiro atoms. The van der Waals surface area contributed by atoms with Crippen LogP contribution >= 0.6 is 0 Å². The summed E-state index contributed by atoms with van der Waals surface area (Å²) >= 11 is 0. The summed E-state index contributed by atoms with van der Waals surface area (Å²) in [5, 5.41) is 0. The van der Waals surface area contributed by atoms with E-state index in [9.17, 15) is 0 Å². The van der Waals surface area contributed by atoms with Crippen LogP contribution in [0.3, 0.4) is 0 Å². The van der Waals surface area contributed by atoms with E-state index in [-0.39, 0.29) is 0 Å². The average molecular weight is 413 g/mol. The highest BCUT2D eigenvalue weighted by molar-refractivity contribution is 6.07. The molecule has 0 amide bonds. The third-order valence-corrected chi connectivity index (χ3v) is 6.49. The van der Waals surface area contributed by atoms with Crippen molar-refractivity contribution in [3.63, 3.8) is 0 Å². The van der Waals surface area contributed by atoms with Gasteiger partial charge in [-0.2, -0.15) is 0 Å². The second-order valence-electron chi connectivity index (χ2n) is 8.89. The van der Waals surface area contributed by atoms with E-state index in [0.29, 0.717) is 0 Å². The van der Waals surface area contributed by atoms with Gasteiger partial charge >= 0.3 is 0 Å². The van der Waals surface area contributed by atoms with Gasteiger partial charge in [0.1, 0.15) is 0 Å². The van der Waals surface area contributed by atoms with Crippen molar-refractivity contribution in [2.75, 3.05) is 0 Å². The first-order chi connectivity index (χ1) is 15.6. The molecule has 32 heavy (non-hydrogen) atoms. The van der Waals surface area contributed by atoms with Gasteiger partial charge in [-0.05, 0) is 71.5 Å². The van der Waals surface area contributed by atoms with Gasteiger partial charge in [-0.15, -0.1) is 0 Å². The van der Waals surface area contributed by atoms with E-state index in [4.69, 9.17) is 9.98 Å². The van der Waals surface area contributed by atoms with E-state index >= 15 is 0 Å². The molecule has 0 aliphatic carbocycles. The fraction of sp³-hybridized carbons (Fsp3) is 0.133. The number of fused-ring (bicyclic) bond motifs is 2. The van der Waals surface area contributed by atoms with E-state index < -0.39 is 0 Å². The summed E-state index contributed by atoms with van der Waals surface area (Å²) in [6.07, 6.45) is 1.77. The smallest absolute Gasteiger partial charge is 0.0669 e. The molecule has 2 nitrogen and oxygen atoms in total. The molecule has 4 aromatic carbocycles. The number of hydrogen-bond donors (Lipinski definition) is 0. The molecule has 0 aromatic heterocycles. The van der Waals surface area contributed by atoms with E-state index in [2.05, 4.69) is 98.8 Å². The standard InChI is InChI=1S/C30H24N2/c1-19-3-7-21(8-4-19)29-17-25-15-23(11-13-27(25)31-29)24-12-14-28-26(16-24)18-30(32-28)22-9-5-20(2)6-10-22/h3-16H,17-18H2,1-2H3. The zero-order valence-electron chi connectivity index (χ0n) is 18.4. The molecule has 0 atom stereocenters. The molecule has 0 radical (unpaired) electrons. The number of benzene rings is 4. The molecular weight excluding hydrogens is 388 g/mol. The lowest BCUT2D eigenvalue weighted by Gasteiger charge is -2.07. The van der Waals surface area contributed by atoms with Gasteiger partial charge in [-0.3, -0.25) is 9.98 Å². The fourth-order valence-corrected chi connectivity index (χ4v) is 4.59. The number of rotatable bonds is 3. The molecule has 2 aliphatic heterocycles. The molecule has 6 rings (SSSR count). The van der Waals surface area contributed by atoms with Crippen molar-refractivity contribution in [2.45, 2.75) is 26.7 Å². The molecule has 0 saturated carbocycles. The van der Waals surface area contributed by atoms with Crippen LogP contribution in [0.1, 0.15) is 33.4 Å². The first-order valence-corrected chi connectivity index (χ1v) is 11.2. The Labute approximate surface area is 189 Å². The Morgan fingerprint density at radius 2 is 0.844 bits per heavy atom. The van der Waals surface area contributed by atoms with Crippen LogP contribution in [0.5, 0.6) is 0 Å². The van der Waals surface area contributed by atoms with E-state index in [1.54, 1.807) is 0 Å². The quantitative estimate of drug-likeness (QED) is 0.337. The number of nitrogens with zero attached hydrogens (tertiary/aromatic N) is 2. The molecule has 0 fully saturated rings. The van der Waals surface area contributed by atoms with Gasteiger partial charge in [0.2, 0.25) is 0 Å². The first kappa shape index (κ1) is 18.9. The van der Waals surface area contributed by atoms with Gasteiger partial charge in [-0.25, -0.2) is 0 Å². The van der Waals surface area contributed by atoms with Crippen LogP contribution in [-0.4, -0.2) is 11.4 Å². The Morgan fingerprint density at radius 3 is 1.25 bits per heavy atom. The highest BCUT2D eigenvalue weighted by atomic mass is 14.8. The number of aliphatic imine (C=N–C) groups is 2. The zero-order chi connectivity index (χ0) is 21.7. The lowest BCUT2D eigenvalue weighted by atomic mass is 9.96. The molecule has 0 unspecified atom stereocenters. The predicted octanol–water partition coefficient (Wildman–Crippen LogP) is 7.32. The van der Waals surface area contributed by atoms with Crippen molar-refractivity contribution in [1.82, 2.24) is 0 Å². The molecule has 154 valence electrons. The first-order valence-electron chi connectivity index (χ1n) is 11.2. The van der Waals surface area contributed by atoms with Crippen molar-refractivity contribution in [3.05, 3.63) is 118 Å². The van der Waals surface area contributed by atoms with Crippen molar-refractivity contribution >= 4 is 22.8 Å². The van der Waals surface area contributed by atoms with E-state index in [0.717, 1.165) is 35.6 Å². The highest BCUT2D eigenvalue weighted by Crippen LogP contribution is 2.36. The summed E-state index contributed by atoms with van der Waals surface area (Å²) < 4.78 is 0. The molecule has 0 N–H and O–H groups in total. The summed E-state index contributed by atoms with van der Waals surface area (Å²) in [5.74, 6) is 0. The van der Waals surface area contributed by atoms with Crippen LogP contribution in [-0.2, 0) is 12.8 Å². The largest absolute Gasteiger partial charge is 0.252 e. The normalized spacial score (nSPS) is 14.1. The highest BCUT2D eigenvalue weighted by Gasteiger charge is 2.19. The summed E-state index contributed by atoms with van der Waals surface area (Å²) in [5.41, 5.74) is 14.6. The lowest BCUT2D eigenvalue weighted by Crippen LogP contribution is -2.00. The third-order valence-electron chi connectivity index (χ3n) is 6.49. The minimum atomic E-state index is 0.887.